The van der Waals surface area contributed by atoms with E-state index in [0.717, 1.165) is 13.0 Å². The van der Waals surface area contributed by atoms with Gasteiger partial charge in [-0.25, -0.2) is 0 Å². The summed E-state index contributed by atoms with van der Waals surface area (Å²) in [4.78, 5) is 23.5. The molecule has 6 nitrogen and oxygen atoms in total. The van der Waals surface area contributed by atoms with Crippen LogP contribution in [-0.4, -0.2) is 29.5 Å². The van der Waals surface area contributed by atoms with Crippen molar-refractivity contribution in [2.75, 3.05) is 13.1 Å². The molecule has 2 N–H and O–H groups in total. The van der Waals surface area contributed by atoms with E-state index in [2.05, 4.69) is 49.3 Å². The third kappa shape index (κ3) is 4.51. The highest BCUT2D eigenvalue weighted by Crippen LogP contribution is 2.15. The summed E-state index contributed by atoms with van der Waals surface area (Å²) in [7, 11) is 0. The van der Waals surface area contributed by atoms with E-state index in [1.807, 2.05) is 18.3 Å². The SMILES string of the molecule is O=C(CNC(=O)c1ccc(Br)o1)NCCCn1ccc2ccccc21. The Morgan fingerprint density at radius 2 is 1.92 bits per heavy atom. The lowest BCUT2D eigenvalue weighted by Crippen LogP contribution is -2.37. The number of benzene rings is 1. The molecule has 2 heterocycles. The largest absolute Gasteiger partial charge is 0.444 e. The van der Waals surface area contributed by atoms with Crippen LogP contribution in [0, 0.1) is 0 Å². The Balaban J connectivity index is 1.37. The van der Waals surface area contributed by atoms with Crippen molar-refractivity contribution in [1.29, 1.82) is 0 Å². The number of hydrogen-bond acceptors (Lipinski definition) is 3. The van der Waals surface area contributed by atoms with Gasteiger partial charge in [0.25, 0.3) is 5.91 Å². The van der Waals surface area contributed by atoms with Crippen molar-refractivity contribution in [3.05, 3.63) is 59.1 Å². The number of hydrogen-bond donors (Lipinski definition) is 2. The number of aromatic nitrogens is 1. The van der Waals surface area contributed by atoms with Crippen LogP contribution in [0.4, 0.5) is 0 Å². The second kappa shape index (κ2) is 8.02. The van der Waals surface area contributed by atoms with Gasteiger partial charge >= 0.3 is 0 Å². The third-order valence-electron chi connectivity index (χ3n) is 3.78. The fraction of sp³-hybridized carbons (Fsp3) is 0.222. The smallest absolute Gasteiger partial charge is 0.287 e. The molecule has 130 valence electrons. The molecule has 2 aromatic heterocycles. The van der Waals surface area contributed by atoms with Crippen molar-refractivity contribution in [3.8, 4) is 0 Å². The molecular weight excluding hydrogens is 386 g/mol. The second-order valence-corrected chi connectivity index (χ2v) is 6.34. The zero-order valence-electron chi connectivity index (χ0n) is 13.5. The first-order chi connectivity index (χ1) is 12.1. The summed E-state index contributed by atoms with van der Waals surface area (Å²) < 4.78 is 7.76. The van der Waals surface area contributed by atoms with Crippen LogP contribution in [0.1, 0.15) is 17.0 Å². The predicted molar refractivity (Wildman–Crippen MR) is 98.3 cm³/mol. The standard InChI is InChI=1S/C18H18BrN3O3/c19-16-7-6-15(25-16)18(24)21-12-17(23)20-9-3-10-22-11-8-13-4-1-2-5-14(13)22/h1-2,4-8,11H,3,9-10,12H2,(H,20,23)(H,21,24). The molecule has 2 amide bonds. The van der Waals surface area contributed by atoms with Gasteiger partial charge in [-0.05, 0) is 52.0 Å². The van der Waals surface area contributed by atoms with Gasteiger partial charge in [0, 0.05) is 24.8 Å². The van der Waals surface area contributed by atoms with Crippen LogP contribution >= 0.6 is 15.9 Å². The van der Waals surface area contributed by atoms with E-state index in [9.17, 15) is 9.59 Å². The Labute approximate surface area is 153 Å². The van der Waals surface area contributed by atoms with E-state index in [4.69, 9.17) is 4.42 Å². The van der Waals surface area contributed by atoms with Gasteiger partial charge in [-0.15, -0.1) is 0 Å². The number of furan rings is 1. The van der Waals surface area contributed by atoms with Gasteiger partial charge in [-0.2, -0.15) is 0 Å². The summed E-state index contributed by atoms with van der Waals surface area (Å²) in [6, 6.07) is 13.4. The second-order valence-electron chi connectivity index (χ2n) is 5.56. The van der Waals surface area contributed by atoms with Crippen LogP contribution in [-0.2, 0) is 11.3 Å². The van der Waals surface area contributed by atoms with Crippen molar-refractivity contribution in [2.24, 2.45) is 0 Å². The zero-order chi connectivity index (χ0) is 17.6. The third-order valence-corrected chi connectivity index (χ3v) is 4.21. The topological polar surface area (TPSA) is 76.3 Å². The minimum Gasteiger partial charge on any atom is -0.444 e. The first-order valence-electron chi connectivity index (χ1n) is 7.97. The number of amides is 2. The molecule has 0 aliphatic rings. The Hall–Kier alpha value is -2.54. The summed E-state index contributed by atoms with van der Waals surface area (Å²) in [5.41, 5.74) is 1.19. The fourth-order valence-corrected chi connectivity index (χ4v) is 2.87. The molecule has 0 unspecified atom stereocenters. The molecule has 0 fully saturated rings. The number of rotatable bonds is 7. The van der Waals surface area contributed by atoms with E-state index in [-0.39, 0.29) is 18.2 Å². The van der Waals surface area contributed by atoms with Crippen molar-refractivity contribution in [2.45, 2.75) is 13.0 Å². The van der Waals surface area contributed by atoms with E-state index in [1.54, 1.807) is 12.1 Å². The molecule has 25 heavy (non-hydrogen) atoms. The van der Waals surface area contributed by atoms with Crippen molar-refractivity contribution in [3.63, 3.8) is 0 Å². The maximum Gasteiger partial charge on any atom is 0.287 e. The molecular formula is C18H18BrN3O3. The lowest BCUT2D eigenvalue weighted by atomic mass is 10.2. The molecule has 0 spiro atoms. The number of nitrogens with zero attached hydrogens (tertiary/aromatic N) is 1. The number of para-hydroxylation sites is 1. The quantitative estimate of drug-likeness (QED) is 0.595. The minimum atomic E-state index is -0.417. The van der Waals surface area contributed by atoms with Gasteiger partial charge in [-0.1, -0.05) is 18.2 Å². The maximum absolute atomic E-state index is 11.8. The Bertz CT molecular complexity index is 884. The summed E-state index contributed by atoms with van der Waals surface area (Å²) >= 11 is 3.13. The van der Waals surface area contributed by atoms with Gasteiger partial charge in [-0.3, -0.25) is 9.59 Å². The van der Waals surface area contributed by atoms with Crippen molar-refractivity contribution in [1.82, 2.24) is 15.2 Å². The normalized spacial score (nSPS) is 10.8. The number of aryl methyl sites for hydroxylation is 1. The van der Waals surface area contributed by atoms with Gasteiger partial charge in [0.1, 0.15) is 0 Å². The summed E-state index contributed by atoms with van der Waals surface area (Å²) in [6.45, 7) is 1.29. The Morgan fingerprint density at radius 1 is 1.08 bits per heavy atom. The maximum atomic E-state index is 11.8. The molecule has 0 saturated carbocycles. The highest BCUT2D eigenvalue weighted by Gasteiger charge is 2.11. The number of nitrogens with one attached hydrogen (secondary N) is 2. The zero-order valence-corrected chi connectivity index (χ0v) is 15.1. The van der Waals surface area contributed by atoms with Gasteiger partial charge < -0.3 is 19.6 Å². The molecule has 0 aliphatic heterocycles. The average Bonchev–Trinajstić information content (AvgIpc) is 3.23. The van der Waals surface area contributed by atoms with E-state index >= 15 is 0 Å². The molecule has 0 saturated heterocycles. The Morgan fingerprint density at radius 3 is 2.72 bits per heavy atom. The molecule has 0 atom stereocenters. The molecule has 0 aliphatic carbocycles. The molecule has 7 heteroatoms. The van der Waals surface area contributed by atoms with Crippen LogP contribution in [0.3, 0.4) is 0 Å². The van der Waals surface area contributed by atoms with Crippen LogP contribution in [0.5, 0.6) is 0 Å². The van der Waals surface area contributed by atoms with Gasteiger partial charge in [0.2, 0.25) is 5.91 Å². The van der Waals surface area contributed by atoms with E-state index in [1.165, 1.54) is 10.9 Å². The lowest BCUT2D eigenvalue weighted by Gasteiger charge is -2.08. The van der Waals surface area contributed by atoms with Gasteiger partial charge in [0.05, 0.1) is 6.54 Å². The fourth-order valence-electron chi connectivity index (χ4n) is 2.56. The lowest BCUT2D eigenvalue weighted by molar-refractivity contribution is -0.120. The monoisotopic (exact) mass is 403 g/mol. The highest BCUT2D eigenvalue weighted by molar-refractivity contribution is 9.10. The molecule has 0 bridgehead atoms. The van der Waals surface area contributed by atoms with E-state index < -0.39 is 5.91 Å². The summed E-state index contributed by atoms with van der Waals surface area (Å²) in [5.74, 6) is -0.477. The summed E-state index contributed by atoms with van der Waals surface area (Å²) in [6.07, 6.45) is 2.86. The minimum absolute atomic E-state index is 0.0798. The molecule has 3 aromatic rings. The van der Waals surface area contributed by atoms with Crippen LogP contribution in [0.2, 0.25) is 0 Å². The van der Waals surface area contributed by atoms with Crippen molar-refractivity contribution >= 4 is 38.6 Å². The summed E-state index contributed by atoms with van der Waals surface area (Å²) in [5, 5.41) is 6.53. The first kappa shape index (κ1) is 17.3. The predicted octanol–water partition coefficient (Wildman–Crippen LogP) is 2.93. The number of carbonyl (C=O) groups excluding carboxylic acids is 2. The van der Waals surface area contributed by atoms with Crippen molar-refractivity contribution < 1.29 is 14.0 Å². The highest BCUT2D eigenvalue weighted by atomic mass is 79.9. The van der Waals surface area contributed by atoms with Crippen LogP contribution in [0.15, 0.2) is 57.7 Å². The molecule has 1 aromatic carbocycles. The number of fused-ring (bicyclic) bond motifs is 1. The van der Waals surface area contributed by atoms with Crippen LogP contribution < -0.4 is 10.6 Å². The molecule has 0 radical (unpaired) electrons. The first-order valence-corrected chi connectivity index (χ1v) is 8.77. The Kier molecular flexibility index (Phi) is 5.55. The average molecular weight is 404 g/mol. The van der Waals surface area contributed by atoms with Gasteiger partial charge in [0.15, 0.2) is 10.4 Å². The number of carbonyl (C=O) groups is 2. The molecule has 3 rings (SSSR count). The number of halogens is 1. The van der Waals surface area contributed by atoms with E-state index in [0.29, 0.717) is 11.2 Å². The van der Waals surface area contributed by atoms with Crippen LogP contribution in [0.25, 0.3) is 10.9 Å².